The van der Waals surface area contributed by atoms with Crippen molar-refractivity contribution < 1.29 is 19.5 Å². The molecule has 6 heteroatoms. The third kappa shape index (κ3) is 4.68. The predicted octanol–water partition coefficient (Wildman–Crippen LogP) is 2.11. The van der Waals surface area contributed by atoms with Crippen LogP contribution in [-0.4, -0.2) is 28.9 Å². The lowest BCUT2D eigenvalue weighted by molar-refractivity contribution is -0.142. The van der Waals surface area contributed by atoms with Gasteiger partial charge < -0.3 is 15.7 Å². The molecule has 1 heterocycles. The maximum absolute atomic E-state index is 12.1. The minimum absolute atomic E-state index is 0.0945. The first-order valence-corrected chi connectivity index (χ1v) is 8.03. The molecule has 0 radical (unpaired) electrons. The van der Waals surface area contributed by atoms with E-state index in [1.165, 1.54) is 0 Å². The molecule has 1 aliphatic rings. The predicted molar refractivity (Wildman–Crippen MR) is 90.5 cm³/mol. The molecule has 1 aliphatic heterocycles. The van der Waals surface area contributed by atoms with Crippen LogP contribution in [0.2, 0.25) is 0 Å². The van der Waals surface area contributed by atoms with Crippen molar-refractivity contribution in [3.05, 3.63) is 42.5 Å². The minimum Gasteiger partial charge on any atom is -0.480 e. The van der Waals surface area contributed by atoms with Gasteiger partial charge in [-0.1, -0.05) is 24.3 Å². The second-order valence-corrected chi connectivity index (χ2v) is 5.91. The van der Waals surface area contributed by atoms with Gasteiger partial charge >= 0.3 is 5.97 Å². The van der Waals surface area contributed by atoms with E-state index in [0.717, 1.165) is 11.3 Å². The van der Waals surface area contributed by atoms with E-state index in [-0.39, 0.29) is 24.2 Å². The molecular formula is C18H22N2O4. The zero-order valence-corrected chi connectivity index (χ0v) is 13.5. The zero-order chi connectivity index (χ0) is 17.5. The number of anilines is 1. The van der Waals surface area contributed by atoms with Crippen molar-refractivity contribution in [2.75, 3.05) is 5.32 Å². The van der Waals surface area contributed by atoms with E-state index < -0.39 is 12.0 Å². The Morgan fingerprint density at radius 1 is 1.42 bits per heavy atom. The smallest absolute Gasteiger partial charge is 0.326 e. The monoisotopic (exact) mass is 330 g/mol. The Bertz CT molecular complexity index is 642. The Morgan fingerprint density at radius 2 is 2.17 bits per heavy atom. The van der Waals surface area contributed by atoms with Crippen molar-refractivity contribution in [3.63, 3.8) is 0 Å². The minimum atomic E-state index is -1.06. The highest BCUT2D eigenvalue weighted by atomic mass is 16.4. The fraction of sp³-hybridized carbons (Fsp3) is 0.389. The Labute approximate surface area is 140 Å². The van der Waals surface area contributed by atoms with E-state index in [2.05, 4.69) is 17.2 Å². The molecule has 0 aliphatic carbocycles. The van der Waals surface area contributed by atoms with E-state index in [4.69, 9.17) is 5.11 Å². The molecule has 128 valence electrons. The van der Waals surface area contributed by atoms with Crippen LogP contribution in [0.3, 0.4) is 0 Å². The number of aliphatic carboxylic acids is 1. The molecule has 3 N–H and O–H groups in total. The Balaban J connectivity index is 1.86. The van der Waals surface area contributed by atoms with Crippen LogP contribution in [0, 0.1) is 5.92 Å². The van der Waals surface area contributed by atoms with Gasteiger partial charge in [-0.3, -0.25) is 9.59 Å². The topological polar surface area (TPSA) is 95.5 Å². The van der Waals surface area contributed by atoms with Crippen molar-refractivity contribution in [1.82, 2.24) is 5.32 Å². The maximum atomic E-state index is 12.1. The second kappa shape index (κ2) is 8.29. The molecular weight excluding hydrogens is 308 g/mol. The number of hydrogen-bond acceptors (Lipinski definition) is 3. The fourth-order valence-corrected chi connectivity index (χ4v) is 2.76. The van der Waals surface area contributed by atoms with Crippen LogP contribution in [0.5, 0.6) is 0 Å². The molecule has 2 rings (SSSR count). The number of amides is 2. The first-order valence-electron chi connectivity index (χ1n) is 8.03. The lowest BCUT2D eigenvalue weighted by atomic mass is 9.89. The largest absolute Gasteiger partial charge is 0.480 e. The number of rotatable bonds is 8. The molecule has 1 aromatic carbocycles. The van der Waals surface area contributed by atoms with Gasteiger partial charge in [-0.2, -0.15) is 0 Å². The van der Waals surface area contributed by atoms with Crippen molar-refractivity contribution in [3.8, 4) is 0 Å². The number of allylic oxidation sites excluding steroid dienone is 1. The summed E-state index contributed by atoms with van der Waals surface area (Å²) in [6, 6.07) is 6.67. The second-order valence-electron chi connectivity index (χ2n) is 5.91. The number of para-hydroxylation sites is 1. The van der Waals surface area contributed by atoms with Crippen molar-refractivity contribution in [1.29, 1.82) is 0 Å². The van der Waals surface area contributed by atoms with Gasteiger partial charge in [0.1, 0.15) is 6.04 Å². The van der Waals surface area contributed by atoms with E-state index in [0.29, 0.717) is 25.7 Å². The van der Waals surface area contributed by atoms with E-state index in [1.54, 1.807) is 6.08 Å². The third-order valence-electron chi connectivity index (χ3n) is 4.12. The highest BCUT2D eigenvalue weighted by Crippen LogP contribution is 2.27. The molecule has 0 bridgehead atoms. The molecule has 24 heavy (non-hydrogen) atoms. The third-order valence-corrected chi connectivity index (χ3v) is 4.12. The first-order chi connectivity index (χ1) is 11.5. The summed E-state index contributed by atoms with van der Waals surface area (Å²) in [7, 11) is 0. The van der Waals surface area contributed by atoms with Crippen LogP contribution < -0.4 is 10.6 Å². The molecule has 2 atom stereocenters. The van der Waals surface area contributed by atoms with E-state index in [9.17, 15) is 14.4 Å². The number of hydrogen-bond donors (Lipinski definition) is 3. The lowest BCUT2D eigenvalue weighted by Crippen LogP contribution is -2.41. The summed E-state index contributed by atoms with van der Waals surface area (Å²) in [6.07, 6.45) is 3.54. The average Bonchev–Trinajstić information content (AvgIpc) is 2.56. The SMILES string of the molecule is C=CCCC(NC(=O)CCC1Cc2ccccc2NC1=O)C(=O)O. The summed E-state index contributed by atoms with van der Waals surface area (Å²) in [4.78, 5) is 35.2. The van der Waals surface area contributed by atoms with E-state index >= 15 is 0 Å². The van der Waals surface area contributed by atoms with Gasteiger partial charge in [-0.15, -0.1) is 6.58 Å². The maximum Gasteiger partial charge on any atom is 0.326 e. The van der Waals surface area contributed by atoms with Crippen molar-refractivity contribution in [2.45, 2.75) is 38.1 Å². The van der Waals surface area contributed by atoms with Gasteiger partial charge in [0.05, 0.1) is 0 Å². The lowest BCUT2D eigenvalue weighted by Gasteiger charge is -2.24. The van der Waals surface area contributed by atoms with Gasteiger partial charge in [0, 0.05) is 18.0 Å². The Kier molecular flexibility index (Phi) is 6.12. The van der Waals surface area contributed by atoms with Crippen LogP contribution in [0.15, 0.2) is 36.9 Å². The van der Waals surface area contributed by atoms with Crippen molar-refractivity contribution in [2.24, 2.45) is 5.92 Å². The zero-order valence-electron chi connectivity index (χ0n) is 13.5. The normalized spacial score (nSPS) is 17.3. The molecule has 0 aromatic heterocycles. The summed E-state index contributed by atoms with van der Waals surface area (Å²) >= 11 is 0. The summed E-state index contributed by atoms with van der Waals surface area (Å²) < 4.78 is 0. The number of carboxylic acids is 1. The van der Waals surface area contributed by atoms with E-state index in [1.807, 2.05) is 24.3 Å². The number of fused-ring (bicyclic) bond motifs is 1. The van der Waals surface area contributed by atoms with Crippen LogP contribution in [0.25, 0.3) is 0 Å². The molecule has 6 nitrogen and oxygen atoms in total. The van der Waals surface area contributed by atoms with Gasteiger partial charge in [0.25, 0.3) is 0 Å². The van der Waals surface area contributed by atoms with Gasteiger partial charge in [-0.05, 0) is 37.3 Å². The Hall–Kier alpha value is -2.63. The molecule has 2 unspecified atom stereocenters. The van der Waals surface area contributed by atoms with Crippen LogP contribution in [-0.2, 0) is 20.8 Å². The summed E-state index contributed by atoms with van der Waals surface area (Å²) in [5.41, 5.74) is 1.87. The molecule has 0 spiro atoms. The highest BCUT2D eigenvalue weighted by Gasteiger charge is 2.27. The summed E-state index contributed by atoms with van der Waals surface area (Å²) in [5.74, 6) is -1.78. The van der Waals surface area contributed by atoms with Crippen molar-refractivity contribution >= 4 is 23.5 Å². The number of benzene rings is 1. The number of carbonyl (C=O) groups is 3. The van der Waals surface area contributed by atoms with Crippen LogP contribution >= 0.6 is 0 Å². The molecule has 0 saturated carbocycles. The number of nitrogens with one attached hydrogen (secondary N) is 2. The molecule has 0 saturated heterocycles. The number of carbonyl (C=O) groups excluding carboxylic acids is 2. The molecule has 0 fully saturated rings. The fourth-order valence-electron chi connectivity index (χ4n) is 2.76. The quantitative estimate of drug-likeness (QED) is 0.636. The molecule has 1 aromatic rings. The van der Waals surface area contributed by atoms with Crippen LogP contribution in [0.4, 0.5) is 5.69 Å². The van der Waals surface area contributed by atoms with Gasteiger partial charge in [0.15, 0.2) is 0 Å². The van der Waals surface area contributed by atoms with Crippen LogP contribution in [0.1, 0.15) is 31.2 Å². The number of carboxylic acid groups (broad SMARTS) is 1. The summed E-state index contributed by atoms with van der Waals surface area (Å²) in [5, 5.41) is 14.5. The van der Waals surface area contributed by atoms with Gasteiger partial charge in [-0.25, -0.2) is 4.79 Å². The Morgan fingerprint density at radius 3 is 2.88 bits per heavy atom. The first kappa shape index (κ1) is 17.7. The standard InChI is InChI=1S/C18H22N2O4/c1-2-3-7-15(18(23)24)19-16(21)10-9-13-11-12-6-4-5-8-14(12)20-17(13)22/h2,4-6,8,13,15H,1,3,7,9-11H2,(H,19,21)(H,20,22)(H,23,24). The average molecular weight is 330 g/mol. The summed E-state index contributed by atoms with van der Waals surface area (Å²) in [6.45, 7) is 3.55. The highest BCUT2D eigenvalue weighted by molar-refractivity contribution is 5.96. The van der Waals surface area contributed by atoms with Gasteiger partial charge in [0.2, 0.25) is 11.8 Å². The molecule has 2 amide bonds.